The molecule has 0 unspecified atom stereocenters. The van der Waals surface area contributed by atoms with Gasteiger partial charge in [-0.1, -0.05) is 0 Å². The van der Waals surface area contributed by atoms with Gasteiger partial charge in [-0.3, -0.25) is 4.68 Å². The third-order valence-corrected chi connectivity index (χ3v) is 3.15. The third kappa shape index (κ3) is 2.89. The predicted octanol–water partition coefficient (Wildman–Crippen LogP) is 0.865. The zero-order chi connectivity index (χ0) is 12.3. The summed E-state index contributed by atoms with van der Waals surface area (Å²) >= 11 is 1.14. The van der Waals surface area contributed by atoms with Gasteiger partial charge in [0.1, 0.15) is 0 Å². The van der Waals surface area contributed by atoms with E-state index in [2.05, 4.69) is 15.4 Å². The van der Waals surface area contributed by atoms with Crippen LogP contribution in [0.1, 0.15) is 21.2 Å². The van der Waals surface area contributed by atoms with Gasteiger partial charge < -0.3 is 10.4 Å². The van der Waals surface area contributed by atoms with E-state index in [1.807, 2.05) is 13.1 Å². The first-order valence-electron chi connectivity index (χ1n) is 5.02. The molecule has 2 rings (SSSR count). The van der Waals surface area contributed by atoms with Crippen LogP contribution in [-0.2, 0) is 20.1 Å². The molecule has 2 N–H and O–H groups in total. The monoisotopic (exact) mass is 252 g/mol. The Morgan fingerprint density at radius 1 is 1.59 bits per heavy atom. The van der Waals surface area contributed by atoms with Crippen LogP contribution in [0.15, 0.2) is 17.6 Å². The van der Waals surface area contributed by atoms with Gasteiger partial charge in [0.15, 0.2) is 0 Å². The minimum atomic E-state index is -0.979. The number of nitrogens with zero attached hydrogens (tertiary/aromatic N) is 3. The molecule has 6 nitrogen and oxygen atoms in total. The Balaban J connectivity index is 1.86. The van der Waals surface area contributed by atoms with Crippen molar-refractivity contribution in [2.45, 2.75) is 13.1 Å². The molecule has 0 spiro atoms. The average molecular weight is 252 g/mol. The van der Waals surface area contributed by atoms with E-state index < -0.39 is 5.97 Å². The SMILES string of the molecule is Cn1nccc1CNCc1csc(C(=O)O)n1. The lowest BCUT2D eigenvalue weighted by Crippen LogP contribution is -2.15. The number of carbonyl (C=O) groups is 1. The lowest BCUT2D eigenvalue weighted by atomic mass is 10.4. The molecule has 17 heavy (non-hydrogen) atoms. The third-order valence-electron chi connectivity index (χ3n) is 2.27. The van der Waals surface area contributed by atoms with Crippen LogP contribution in [0, 0.1) is 0 Å². The summed E-state index contributed by atoms with van der Waals surface area (Å²) in [5, 5.41) is 17.8. The van der Waals surface area contributed by atoms with Crippen molar-refractivity contribution in [1.29, 1.82) is 0 Å². The van der Waals surface area contributed by atoms with Crippen LogP contribution in [-0.4, -0.2) is 25.8 Å². The van der Waals surface area contributed by atoms with Gasteiger partial charge in [-0.15, -0.1) is 11.3 Å². The van der Waals surface area contributed by atoms with Gasteiger partial charge in [0, 0.05) is 31.7 Å². The van der Waals surface area contributed by atoms with Crippen molar-refractivity contribution >= 4 is 17.3 Å². The first-order valence-corrected chi connectivity index (χ1v) is 5.90. The molecule has 0 fully saturated rings. The van der Waals surface area contributed by atoms with Gasteiger partial charge in [0.25, 0.3) is 0 Å². The molecular formula is C10H12N4O2S. The fourth-order valence-corrected chi connectivity index (χ4v) is 2.03. The Morgan fingerprint density at radius 3 is 3.00 bits per heavy atom. The van der Waals surface area contributed by atoms with Crippen molar-refractivity contribution in [3.05, 3.63) is 34.0 Å². The second kappa shape index (κ2) is 5.07. The Labute approximate surface area is 102 Å². The van der Waals surface area contributed by atoms with E-state index in [9.17, 15) is 4.79 Å². The molecule has 0 saturated heterocycles. The van der Waals surface area contributed by atoms with E-state index in [0.29, 0.717) is 13.1 Å². The average Bonchev–Trinajstić information content (AvgIpc) is 2.89. The van der Waals surface area contributed by atoms with Crippen LogP contribution in [0.4, 0.5) is 0 Å². The summed E-state index contributed by atoms with van der Waals surface area (Å²) in [5.41, 5.74) is 1.81. The number of nitrogens with one attached hydrogen (secondary N) is 1. The predicted molar refractivity (Wildman–Crippen MR) is 62.8 cm³/mol. The minimum Gasteiger partial charge on any atom is -0.476 e. The normalized spacial score (nSPS) is 10.6. The fourth-order valence-electron chi connectivity index (χ4n) is 1.38. The van der Waals surface area contributed by atoms with Gasteiger partial charge in [-0.05, 0) is 6.07 Å². The first-order chi connectivity index (χ1) is 8.16. The fraction of sp³-hybridized carbons (Fsp3) is 0.300. The van der Waals surface area contributed by atoms with Gasteiger partial charge in [0.2, 0.25) is 5.01 Å². The molecule has 0 saturated carbocycles. The quantitative estimate of drug-likeness (QED) is 0.825. The molecule has 0 atom stereocenters. The maximum absolute atomic E-state index is 10.6. The van der Waals surface area contributed by atoms with Crippen molar-refractivity contribution < 1.29 is 9.90 Å². The molecule has 2 aromatic rings. The van der Waals surface area contributed by atoms with Crippen molar-refractivity contribution in [2.24, 2.45) is 7.05 Å². The van der Waals surface area contributed by atoms with E-state index in [0.717, 1.165) is 22.7 Å². The molecule has 0 aliphatic rings. The Kier molecular flexibility index (Phi) is 3.50. The molecule has 2 heterocycles. The summed E-state index contributed by atoms with van der Waals surface area (Å²) < 4.78 is 1.79. The Bertz CT molecular complexity index is 520. The summed E-state index contributed by atoms with van der Waals surface area (Å²) in [4.78, 5) is 14.6. The lowest BCUT2D eigenvalue weighted by molar-refractivity contribution is 0.0696. The summed E-state index contributed by atoms with van der Waals surface area (Å²) in [7, 11) is 1.88. The second-order valence-corrected chi connectivity index (χ2v) is 4.36. The molecule has 0 bridgehead atoms. The molecule has 90 valence electrons. The van der Waals surface area contributed by atoms with Crippen molar-refractivity contribution in [3.8, 4) is 0 Å². The molecule has 0 aliphatic carbocycles. The number of rotatable bonds is 5. The van der Waals surface area contributed by atoms with E-state index in [4.69, 9.17) is 5.11 Å². The van der Waals surface area contributed by atoms with E-state index in [1.165, 1.54) is 0 Å². The topological polar surface area (TPSA) is 80.0 Å². The molecule has 2 aromatic heterocycles. The highest BCUT2D eigenvalue weighted by Gasteiger charge is 2.08. The Hall–Kier alpha value is -1.73. The maximum atomic E-state index is 10.6. The number of thiazole rings is 1. The molecular weight excluding hydrogens is 240 g/mol. The number of hydrogen-bond acceptors (Lipinski definition) is 5. The highest BCUT2D eigenvalue weighted by atomic mass is 32.1. The molecule has 0 amide bonds. The van der Waals surface area contributed by atoms with Crippen LogP contribution in [0.5, 0.6) is 0 Å². The summed E-state index contributed by atoms with van der Waals surface area (Å²) in [6, 6.07) is 1.93. The smallest absolute Gasteiger partial charge is 0.365 e. The lowest BCUT2D eigenvalue weighted by Gasteiger charge is -2.02. The molecule has 7 heteroatoms. The number of carboxylic acids is 1. The van der Waals surface area contributed by atoms with E-state index >= 15 is 0 Å². The standard InChI is InChI=1S/C10H12N4O2S/c1-14-8(2-3-12-14)5-11-4-7-6-17-9(13-7)10(15)16/h2-3,6,11H,4-5H2,1H3,(H,15,16). The Morgan fingerprint density at radius 2 is 2.41 bits per heavy atom. The van der Waals surface area contributed by atoms with Crippen molar-refractivity contribution in [1.82, 2.24) is 20.1 Å². The number of aromatic carboxylic acids is 1. The van der Waals surface area contributed by atoms with E-state index in [-0.39, 0.29) is 5.01 Å². The molecule has 0 aliphatic heterocycles. The maximum Gasteiger partial charge on any atom is 0.365 e. The largest absolute Gasteiger partial charge is 0.476 e. The van der Waals surface area contributed by atoms with Gasteiger partial charge in [-0.25, -0.2) is 9.78 Å². The van der Waals surface area contributed by atoms with Gasteiger partial charge in [-0.2, -0.15) is 5.10 Å². The summed E-state index contributed by atoms with van der Waals surface area (Å²) in [6.07, 6.45) is 1.74. The molecule has 0 radical (unpaired) electrons. The highest BCUT2D eigenvalue weighted by molar-refractivity contribution is 7.11. The summed E-state index contributed by atoms with van der Waals surface area (Å²) in [5.74, 6) is -0.979. The van der Waals surface area contributed by atoms with Crippen molar-refractivity contribution in [3.63, 3.8) is 0 Å². The van der Waals surface area contributed by atoms with Crippen LogP contribution in [0.25, 0.3) is 0 Å². The van der Waals surface area contributed by atoms with Crippen molar-refractivity contribution in [2.75, 3.05) is 0 Å². The highest BCUT2D eigenvalue weighted by Crippen LogP contribution is 2.09. The van der Waals surface area contributed by atoms with E-state index in [1.54, 1.807) is 16.3 Å². The number of hydrogen-bond donors (Lipinski definition) is 2. The van der Waals surface area contributed by atoms with Gasteiger partial charge >= 0.3 is 5.97 Å². The van der Waals surface area contributed by atoms with Crippen LogP contribution in [0.2, 0.25) is 0 Å². The minimum absolute atomic E-state index is 0.127. The second-order valence-electron chi connectivity index (χ2n) is 3.50. The number of aromatic nitrogens is 3. The first kappa shape index (κ1) is 11.7. The number of aryl methyl sites for hydroxylation is 1. The van der Waals surface area contributed by atoms with Crippen LogP contribution < -0.4 is 5.32 Å². The van der Waals surface area contributed by atoms with Gasteiger partial charge in [0.05, 0.1) is 11.4 Å². The van der Waals surface area contributed by atoms with Crippen LogP contribution >= 0.6 is 11.3 Å². The number of carboxylic acid groups (broad SMARTS) is 1. The molecule has 0 aromatic carbocycles. The zero-order valence-corrected chi connectivity index (χ0v) is 10.1. The van der Waals surface area contributed by atoms with Crippen LogP contribution in [0.3, 0.4) is 0 Å². The summed E-state index contributed by atoms with van der Waals surface area (Å²) in [6.45, 7) is 1.23. The zero-order valence-electron chi connectivity index (χ0n) is 9.25.